The predicted octanol–water partition coefficient (Wildman–Crippen LogP) is 2.75. The minimum atomic E-state index is -0.0360. The molecule has 1 N–H and O–H groups in total. The Morgan fingerprint density at radius 1 is 1.35 bits per heavy atom. The Morgan fingerprint density at radius 2 is 2.17 bits per heavy atom. The number of aromatic nitrogens is 2. The zero-order chi connectivity index (χ0) is 16.2. The summed E-state index contributed by atoms with van der Waals surface area (Å²) >= 11 is 12.2. The van der Waals surface area contributed by atoms with E-state index in [1.54, 1.807) is 17.1 Å². The maximum absolute atomic E-state index is 12.7. The molecular formula is C16H18Cl2N4O. The van der Waals surface area contributed by atoms with Crippen molar-refractivity contribution < 1.29 is 4.79 Å². The molecular weight excluding hydrogens is 335 g/mol. The van der Waals surface area contributed by atoms with Crippen LogP contribution in [0.5, 0.6) is 0 Å². The Kier molecular flexibility index (Phi) is 5.20. The van der Waals surface area contributed by atoms with E-state index in [0.29, 0.717) is 36.1 Å². The summed E-state index contributed by atoms with van der Waals surface area (Å²) in [4.78, 5) is 14.6. The standard InChI is InChI=1S/C16H18Cl2N4O/c17-12-9-20-21(11-12)7-5-16(23)22-8-6-19-10-15(22)13-3-1-2-4-14(13)18/h1-4,9,11,15,19H,5-8,10H2. The van der Waals surface area contributed by atoms with Crippen molar-refractivity contribution in [3.05, 3.63) is 52.3 Å². The molecule has 1 amide bonds. The lowest BCUT2D eigenvalue weighted by Gasteiger charge is -2.37. The van der Waals surface area contributed by atoms with Crippen molar-refractivity contribution >= 4 is 29.1 Å². The van der Waals surface area contributed by atoms with Gasteiger partial charge >= 0.3 is 0 Å². The normalized spacial score (nSPS) is 18.2. The number of carbonyl (C=O) groups is 1. The smallest absolute Gasteiger partial charge is 0.225 e. The van der Waals surface area contributed by atoms with Crippen LogP contribution in [0.25, 0.3) is 0 Å². The molecule has 1 atom stereocenters. The molecule has 1 aromatic heterocycles. The maximum Gasteiger partial charge on any atom is 0.225 e. The van der Waals surface area contributed by atoms with E-state index < -0.39 is 0 Å². The molecule has 1 fully saturated rings. The number of hydrogen-bond acceptors (Lipinski definition) is 3. The topological polar surface area (TPSA) is 50.2 Å². The zero-order valence-corrected chi connectivity index (χ0v) is 14.1. The van der Waals surface area contributed by atoms with Gasteiger partial charge in [0.05, 0.1) is 17.3 Å². The van der Waals surface area contributed by atoms with Gasteiger partial charge in [-0.2, -0.15) is 5.10 Å². The van der Waals surface area contributed by atoms with E-state index >= 15 is 0 Å². The number of hydrogen-bond donors (Lipinski definition) is 1. The lowest BCUT2D eigenvalue weighted by atomic mass is 10.0. The molecule has 23 heavy (non-hydrogen) atoms. The first-order valence-electron chi connectivity index (χ1n) is 7.58. The van der Waals surface area contributed by atoms with Crippen molar-refractivity contribution in [1.82, 2.24) is 20.0 Å². The molecule has 1 aromatic carbocycles. The van der Waals surface area contributed by atoms with Crippen LogP contribution in [0, 0.1) is 0 Å². The summed E-state index contributed by atoms with van der Waals surface area (Å²) in [5.41, 5.74) is 0.983. The summed E-state index contributed by atoms with van der Waals surface area (Å²) in [6.07, 6.45) is 3.68. The number of rotatable bonds is 4. The molecule has 1 unspecified atom stereocenters. The van der Waals surface area contributed by atoms with Gasteiger partial charge in [0.15, 0.2) is 0 Å². The van der Waals surface area contributed by atoms with Crippen LogP contribution in [0.4, 0.5) is 0 Å². The highest BCUT2D eigenvalue weighted by molar-refractivity contribution is 6.31. The molecule has 2 aromatic rings. The van der Waals surface area contributed by atoms with Gasteiger partial charge in [0.2, 0.25) is 5.91 Å². The van der Waals surface area contributed by atoms with Crippen molar-refractivity contribution in [2.45, 2.75) is 19.0 Å². The summed E-state index contributed by atoms with van der Waals surface area (Å²) < 4.78 is 1.69. The van der Waals surface area contributed by atoms with E-state index in [4.69, 9.17) is 23.2 Å². The van der Waals surface area contributed by atoms with Crippen LogP contribution in [0.2, 0.25) is 10.0 Å². The van der Waals surface area contributed by atoms with Gasteiger partial charge < -0.3 is 10.2 Å². The molecule has 1 aliphatic heterocycles. The Balaban J connectivity index is 1.70. The second-order valence-electron chi connectivity index (χ2n) is 5.50. The number of amides is 1. The van der Waals surface area contributed by atoms with Crippen LogP contribution in [0.1, 0.15) is 18.0 Å². The third kappa shape index (κ3) is 3.86. The fourth-order valence-electron chi connectivity index (χ4n) is 2.84. The highest BCUT2D eigenvalue weighted by atomic mass is 35.5. The monoisotopic (exact) mass is 352 g/mol. The fraction of sp³-hybridized carbons (Fsp3) is 0.375. The average Bonchev–Trinajstić information content (AvgIpc) is 2.99. The van der Waals surface area contributed by atoms with Crippen molar-refractivity contribution in [1.29, 1.82) is 0 Å². The number of benzene rings is 1. The van der Waals surface area contributed by atoms with E-state index in [1.165, 1.54) is 0 Å². The predicted molar refractivity (Wildman–Crippen MR) is 90.6 cm³/mol. The highest BCUT2D eigenvalue weighted by Gasteiger charge is 2.28. The Labute approximate surface area is 145 Å². The molecule has 0 radical (unpaired) electrons. The van der Waals surface area contributed by atoms with Crippen molar-refractivity contribution in [3.8, 4) is 0 Å². The number of nitrogens with zero attached hydrogens (tertiary/aromatic N) is 3. The zero-order valence-electron chi connectivity index (χ0n) is 12.6. The largest absolute Gasteiger partial charge is 0.333 e. The van der Waals surface area contributed by atoms with Gasteiger partial charge in [-0.15, -0.1) is 0 Å². The first-order valence-corrected chi connectivity index (χ1v) is 8.33. The van der Waals surface area contributed by atoms with Gasteiger partial charge in [0, 0.05) is 43.8 Å². The van der Waals surface area contributed by atoms with Gasteiger partial charge in [-0.25, -0.2) is 0 Å². The molecule has 2 heterocycles. The SMILES string of the molecule is O=C(CCn1cc(Cl)cn1)N1CCNCC1c1ccccc1Cl. The van der Waals surface area contributed by atoms with E-state index in [2.05, 4.69) is 10.4 Å². The van der Waals surface area contributed by atoms with E-state index in [1.807, 2.05) is 29.2 Å². The Bertz CT molecular complexity index is 688. The van der Waals surface area contributed by atoms with Crippen LogP contribution >= 0.6 is 23.2 Å². The summed E-state index contributed by atoms with van der Waals surface area (Å²) in [6, 6.07) is 7.65. The number of carbonyl (C=O) groups excluding carboxylic acids is 1. The second kappa shape index (κ2) is 7.34. The molecule has 7 heteroatoms. The summed E-state index contributed by atoms with van der Waals surface area (Å²) in [6.45, 7) is 2.70. The molecule has 0 aliphatic carbocycles. The van der Waals surface area contributed by atoms with E-state index in [0.717, 1.165) is 12.1 Å². The Morgan fingerprint density at radius 3 is 2.91 bits per heavy atom. The van der Waals surface area contributed by atoms with Crippen molar-refractivity contribution in [2.75, 3.05) is 19.6 Å². The third-order valence-electron chi connectivity index (χ3n) is 3.98. The molecule has 3 rings (SSSR count). The minimum absolute atomic E-state index is 0.0360. The molecule has 0 spiro atoms. The molecule has 0 saturated carbocycles. The van der Waals surface area contributed by atoms with Crippen LogP contribution in [-0.4, -0.2) is 40.2 Å². The first kappa shape index (κ1) is 16.3. The van der Waals surface area contributed by atoms with Gasteiger partial charge in [0.1, 0.15) is 0 Å². The molecule has 5 nitrogen and oxygen atoms in total. The summed E-state index contributed by atoms with van der Waals surface area (Å²) in [5.74, 6) is 0.100. The number of nitrogens with one attached hydrogen (secondary N) is 1. The van der Waals surface area contributed by atoms with Crippen LogP contribution in [0.15, 0.2) is 36.7 Å². The second-order valence-corrected chi connectivity index (χ2v) is 6.34. The first-order chi connectivity index (χ1) is 11.1. The Hall–Kier alpha value is -1.56. The quantitative estimate of drug-likeness (QED) is 0.920. The van der Waals surface area contributed by atoms with Gasteiger partial charge in [0.25, 0.3) is 0 Å². The molecule has 1 saturated heterocycles. The average molecular weight is 353 g/mol. The van der Waals surface area contributed by atoms with Crippen molar-refractivity contribution in [2.24, 2.45) is 0 Å². The van der Waals surface area contributed by atoms with Crippen LogP contribution in [0.3, 0.4) is 0 Å². The summed E-state index contributed by atoms with van der Waals surface area (Å²) in [5, 5.41) is 8.71. The lowest BCUT2D eigenvalue weighted by molar-refractivity contribution is -0.134. The maximum atomic E-state index is 12.7. The van der Waals surface area contributed by atoms with E-state index in [9.17, 15) is 4.79 Å². The van der Waals surface area contributed by atoms with Crippen LogP contribution < -0.4 is 5.32 Å². The minimum Gasteiger partial charge on any atom is -0.333 e. The summed E-state index contributed by atoms with van der Waals surface area (Å²) in [7, 11) is 0. The molecule has 1 aliphatic rings. The number of halogens is 2. The number of aryl methyl sites for hydroxylation is 1. The fourth-order valence-corrected chi connectivity index (χ4v) is 3.26. The van der Waals surface area contributed by atoms with Crippen molar-refractivity contribution in [3.63, 3.8) is 0 Å². The van der Waals surface area contributed by atoms with Gasteiger partial charge in [-0.1, -0.05) is 41.4 Å². The lowest BCUT2D eigenvalue weighted by Crippen LogP contribution is -2.49. The van der Waals surface area contributed by atoms with Crippen LogP contribution in [-0.2, 0) is 11.3 Å². The highest BCUT2D eigenvalue weighted by Crippen LogP contribution is 2.28. The van der Waals surface area contributed by atoms with Gasteiger partial charge in [-0.05, 0) is 11.6 Å². The van der Waals surface area contributed by atoms with Gasteiger partial charge in [-0.3, -0.25) is 9.48 Å². The molecule has 122 valence electrons. The van der Waals surface area contributed by atoms with E-state index in [-0.39, 0.29) is 11.9 Å². The third-order valence-corrected chi connectivity index (χ3v) is 4.52. The number of piperazine rings is 1. The molecule has 0 bridgehead atoms.